The number of rotatable bonds is 4. The summed E-state index contributed by atoms with van der Waals surface area (Å²) in [6, 6.07) is 6.88. The zero-order valence-electron chi connectivity index (χ0n) is 8.55. The maximum Gasteiger partial charge on any atom is 0.101 e. The van der Waals surface area contributed by atoms with Gasteiger partial charge in [-0.15, -0.1) is 12.4 Å². The van der Waals surface area contributed by atoms with Crippen LogP contribution in [0.15, 0.2) is 18.2 Å². The van der Waals surface area contributed by atoms with Gasteiger partial charge in [-0.25, -0.2) is 0 Å². The van der Waals surface area contributed by atoms with E-state index in [9.17, 15) is 0 Å². The SMILES string of the molecule is Cl.N#Cc1cc(NCC(O)CO)ccc1N. The molecular formula is C10H14ClN3O2. The number of halogens is 1. The van der Waals surface area contributed by atoms with Crippen LogP contribution in [0.5, 0.6) is 0 Å². The van der Waals surface area contributed by atoms with Crippen molar-refractivity contribution in [3.8, 4) is 6.07 Å². The molecular weight excluding hydrogens is 230 g/mol. The topological polar surface area (TPSA) is 102 Å². The number of nitriles is 1. The third kappa shape index (κ3) is 3.95. The molecule has 0 aliphatic heterocycles. The van der Waals surface area contributed by atoms with Crippen LogP contribution in [-0.2, 0) is 0 Å². The van der Waals surface area contributed by atoms with Crippen molar-refractivity contribution in [1.82, 2.24) is 0 Å². The van der Waals surface area contributed by atoms with E-state index in [0.29, 0.717) is 16.9 Å². The largest absolute Gasteiger partial charge is 0.398 e. The molecule has 16 heavy (non-hydrogen) atoms. The number of nitrogens with zero attached hydrogens (tertiary/aromatic N) is 1. The molecule has 0 bridgehead atoms. The highest BCUT2D eigenvalue weighted by Gasteiger charge is 2.03. The molecule has 0 saturated carbocycles. The Morgan fingerprint density at radius 1 is 1.50 bits per heavy atom. The minimum atomic E-state index is -0.812. The number of hydrogen-bond acceptors (Lipinski definition) is 5. The van der Waals surface area contributed by atoms with E-state index in [1.54, 1.807) is 18.2 Å². The Hall–Kier alpha value is -1.48. The van der Waals surface area contributed by atoms with Gasteiger partial charge >= 0.3 is 0 Å². The first-order valence-corrected chi connectivity index (χ1v) is 4.49. The van der Waals surface area contributed by atoms with E-state index in [0.717, 1.165) is 0 Å². The molecule has 5 nitrogen and oxygen atoms in total. The van der Waals surface area contributed by atoms with E-state index < -0.39 is 6.10 Å². The van der Waals surface area contributed by atoms with Crippen LogP contribution in [-0.4, -0.2) is 29.5 Å². The van der Waals surface area contributed by atoms with Gasteiger partial charge in [-0.05, 0) is 18.2 Å². The third-order valence-corrected chi connectivity index (χ3v) is 1.93. The maximum absolute atomic E-state index is 9.10. The molecule has 0 saturated heterocycles. The molecule has 88 valence electrons. The van der Waals surface area contributed by atoms with Gasteiger partial charge in [-0.2, -0.15) is 5.26 Å². The van der Waals surface area contributed by atoms with Gasteiger partial charge < -0.3 is 21.3 Å². The summed E-state index contributed by atoms with van der Waals surface area (Å²) in [4.78, 5) is 0. The van der Waals surface area contributed by atoms with Gasteiger partial charge in [0.25, 0.3) is 0 Å². The normalized spacial score (nSPS) is 11.1. The third-order valence-electron chi connectivity index (χ3n) is 1.93. The Morgan fingerprint density at radius 3 is 2.75 bits per heavy atom. The molecule has 1 rings (SSSR count). The van der Waals surface area contributed by atoms with E-state index in [2.05, 4.69) is 5.32 Å². The van der Waals surface area contributed by atoms with Crippen LogP contribution in [0.3, 0.4) is 0 Å². The molecule has 1 unspecified atom stereocenters. The van der Waals surface area contributed by atoms with Crippen molar-refractivity contribution in [2.24, 2.45) is 0 Å². The van der Waals surface area contributed by atoms with E-state index in [4.69, 9.17) is 21.2 Å². The van der Waals surface area contributed by atoms with E-state index in [1.165, 1.54) is 0 Å². The summed E-state index contributed by atoms with van der Waals surface area (Å²) in [6.07, 6.45) is -0.812. The van der Waals surface area contributed by atoms with Crippen LogP contribution >= 0.6 is 12.4 Å². The molecule has 6 heteroatoms. The molecule has 1 aromatic carbocycles. The van der Waals surface area contributed by atoms with Crippen LogP contribution in [0.25, 0.3) is 0 Å². The van der Waals surface area contributed by atoms with Crippen LogP contribution in [0, 0.1) is 11.3 Å². The highest BCUT2D eigenvalue weighted by atomic mass is 35.5. The summed E-state index contributed by atoms with van der Waals surface area (Å²) < 4.78 is 0. The molecule has 0 aliphatic carbocycles. The van der Waals surface area contributed by atoms with Gasteiger partial charge in [0.15, 0.2) is 0 Å². The van der Waals surface area contributed by atoms with Crippen LogP contribution in [0.2, 0.25) is 0 Å². The van der Waals surface area contributed by atoms with Gasteiger partial charge in [0, 0.05) is 17.9 Å². The second-order valence-corrected chi connectivity index (χ2v) is 3.13. The minimum absolute atomic E-state index is 0. The van der Waals surface area contributed by atoms with E-state index in [1.807, 2.05) is 6.07 Å². The number of nitrogens with one attached hydrogen (secondary N) is 1. The van der Waals surface area contributed by atoms with Crippen molar-refractivity contribution in [3.05, 3.63) is 23.8 Å². The fourth-order valence-electron chi connectivity index (χ4n) is 1.06. The zero-order chi connectivity index (χ0) is 11.3. The summed E-state index contributed by atoms with van der Waals surface area (Å²) in [7, 11) is 0. The highest BCUT2D eigenvalue weighted by molar-refractivity contribution is 5.85. The smallest absolute Gasteiger partial charge is 0.101 e. The van der Waals surface area contributed by atoms with Crippen LogP contribution < -0.4 is 11.1 Å². The number of aliphatic hydroxyl groups is 2. The van der Waals surface area contributed by atoms with Gasteiger partial charge in [0.1, 0.15) is 6.07 Å². The first kappa shape index (κ1) is 14.5. The van der Waals surface area contributed by atoms with E-state index in [-0.39, 0.29) is 25.6 Å². The number of benzene rings is 1. The second-order valence-electron chi connectivity index (χ2n) is 3.13. The summed E-state index contributed by atoms with van der Waals surface area (Å²) in [5, 5.41) is 29.3. The summed E-state index contributed by atoms with van der Waals surface area (Å²) in [5.74, 6) is 0. The molecule has 0 radical (unpaired) electrons. The molecule has 0 spiro atoms. The molecule has 0 amide bonds. The number of nitrogens with two attached hydrogens (primary N) is 1. The number of anilines is 2. The summed E-state index contributed by atoms with van der Waals surface area (Å²) in [6.45, 7) is -0.0711. The number of aliphatic hydroxyl groups excluding tert-OH is 2. The molecule has 0 fully saturated rings. The summed E-state index contributed by atoms with van der Waals surface area (Å²) in [5.41, 5.74) is 7.04. The molecule has 0 aromatic heterocycles. The van der Waals surface area contributed by atoms with Crippen molar-refractivity contribution < 1.29 is 10.2 Å². The maximum atomic E-state index is 9.10. The fourth-order valence-corrected chi connectivity index (χ4v) is 1.06. The molecule has 1 atom stereocenters. The standard InChI is InChI=1S/C10H13N3O2.ClH/c11-4-7-3-8(1-2-10(7)12)13-5-9(15)6-14;/h1-3,9,13-15H,5-6,12H2;1H. The second kappa shape index (κ2) is 6.90. The van der Waals surface area contributed by atoms with Crippen molar-refractivity contribution >= 4 is 23.8 Å². The molecule has 5 N–H and O–H groups in total. The monoisotopic (exact) mass is 243 g/mol. The Labute approximate surface area is 99.9 Å². The molecule has 0 heterocycles. The van der Waals surface area contributed by atoms with Crippen LogP contribution in [0.4, 0.5) is 11.4 Å². The van der Waals surface area contributed by atoms with Crippen molar-refractivity contribution in [1.29, 1.82) is 5.26 Å². The predicted octanol–water partition coefficient (Wildman–Crippen LogP) is 0.327. The Bertz CT molecular complexity index is 379. The molecule has 0 aliphatic rings. The van der Waals surface area contributed by atoms with E-state index >= 15 is 0 Å². The minimum Gasteiger partial charge on any atom is -0.398 e. The number of nitrogen functional groups attached to an aromatic ring is 1. The Morgan fingerprint density at radius 2 is 2.19 bits per heavy atom. The van der Waals surface area contributed by atoms with Crippen molar-refractivity contribution in [2.75, 3.05) is 24.2 Å². The van der Waals surface area contributed by atoms with Gasteiger partial charge in [-0.3, -0.25) is 0 Å². The average Bonchev–Trinajstić information content (AvgIpc) is 2.27. The lowest BCUT2D eigenvalue weighted by Crippen LogP contribution is -2.22. The lowest BCUT2D eigenvalue weighted by atomic mass is 10.2. The highest BCUT2D eigenvalue weighted by Crippen LogP contribution is 2.16. The van der Waals surface area contributed by atoms with Crippen LogP contribution in [0.1, 0.15) is 5.56 Å². The van der Waals surface area contributed by atoms with Gasteiger partial charge in [0.05, 0.1) is 18.3 Å². The van der Waals surface area contributed by atoms with Crippen molar-refractivity contribution in [3.63, 3.8) is 0 Å². The lowest BCUT2D eigenvalue weighted by Gasteiger charge is -2.10. The fraction of sp³-hybridized carbons (Fsp3) is 0.300. The first-order valence-electron chi connectivity index (χ1n) is 4.49. The number of hydrogen-bond donors (Lipinski definition) is 4. The first-order chi connectivity index (χ1) is 7.17. The average molecular weight is 244 g/mol. The van der Waals surface area contributed by atoms with Gasteiger partial charge in [-0.1, -0.05) is 0 Å². The quantitative estimate of drug-likeness (QED) is 0.571. The lowest BCUT2D eigenvalue weighted by molar-refractivity contribution is 0.105. The van der Waals surface area contributed by atoms with Gasteiger partial charge in [0.2, 0.25) is 0 Å². The Balaban J connectivity index is 0.00000225. The summed E-state index contributed by atoms with van der Waals surface area (Å²) >= 11 is 0. The predicted molar refractivity (Wildman–Crippen MR) is 64.4 cm³/mol. The molecule has 1 aromatic rings. The zero-order valence-corrected chi connectivity index (χ0v) is 9.37. The Kier molecular flexibility index (Phi) is 6.27. The van der Waals surface area contributed by atoms with Crippen molar-refractivity contribution in [2.45, 2.75) is 6.10 Å².